The summed E-state index contributed by atoms with van der Waals surface area (Å²) in [4.78, 5) is 26.2. The summed E-state index contributed by atoms with van der Waals surface area (Å²) in [5, 5.41) is 14.9. The molecule has 3 rings (SSSR count). The van der Waals surface area contributed by atoms with Gasteiger partial charge in [-0.2, -0.15) is 5.26 Å². The zero-order valence-corrected chi connectivity index (χ0v) is 15.4. The lowest BCUT2D eigenvalue weighted by atomic mass is 10.2. The van der Waals surface area contributed by atoms with E-state index in [1.165, 1.54) is 6.07 Å². The maximum Gasteiger partial charge on any atom is 0.253 e. The summed E-state index contributed by atoms with van der Waals surface area (Å²) in [6, 6.07) is 13.8. The summed E-state index contributed by atoms with van der Waals surface area (Å²) in [5.74, 6) is -0.192. The quantitative estimate of drug-likeness (QED) is 0.828. The van der Waals surface area contributed by atoms with Crippen LogP contribution in [0.25, 0.3) is 0 Å². The number of halogens is 1. The molecule has 2 N–H and O–H groups in total. The maximum atomic E-state index is 12.3. The Morgan fingerprint density at radius 1 is 1.07 bits per heavy atom. The van der Waals surface area contributed by atoms with Gasteiger partial charge in [0.15, 0.2) is 0 Å². The predicted molar refractivity (Wildman–Crippen MR) is 105 cm³/mol. The van der Waals surface area contributed by atoms with Crippen LogP contribution in [0.5, 0.6) is 0 Å². The Bertz CT molecular complexity index is 884. The molecule has 2 amide bonds. The van der Waals surface area contributed by atoms with Crippen molar-refractivity contribution in [1.29, 1.82) is 5.26 Å². The number of rotatable bonds is 5. The molecular weight excluding hydrogens is 364 g/mol. The second-order valence-corrected chi connectivity index (χ2v) is 6.69. The first-order valence-corrected chi connectivity index (χ1v) is 9.07. The Morgan fingerprint density at radius 3 is 2.37 bits per heavy atom. The summed E-state index contributed by atoms with van der Waals surface area (Å²) in [6.45, 7) is 1.70. The van der Waals surface area contributed by atoms with Gasteiger partial charge in [-0.3, -0.25) is 9.59 Å². The molecule has 2 aromatic rings. The fourth-order valence-electron chi connectivity index (χ4n) is 2.90. The largest absolute Gasteiger partial charge is 0.376 e. The third kappa shape index (κ3) is 4.78. The minimum Gasteiger partial charge on any atom is -0.376 e. The number of hydrogen-bond donors (Lipinski definition) is 2. The zero-order chi connectivity index (χ0) is 19.2. The summed E-state index contributed by atoms with van der Waals surface area (Å²) in [5.41, 5.74) is 2.29. The van der Waals surface area contributed by atoms with Gasteiger partial charge in [-0.15, -0.1) is 0 Å². The monoisotopic (exact) mass is 382 g/mol. The van der Waals surface area contributed by atoms with Crippen molar-refractivity contribution in [2.45, 2.75) is 12.8 Å². The van der Waals surface area contributed by atoms with Crippen LogP contribution < -0.4 is 10.6 Å². The smallest absolute Gasteiger partial charge is 0.253 e. The molecule has 7 heteroatoms. The normalized spacial score (nSPS) is 13.1. The van der Waals surface area contributed by atoms with Crippen molar-refractivity contribution in [2.24, 2.45) is 0 Å². The van der Waals surface area contributed by atoms with Gasteiger partial charge in [0.05, 0.1) is 17.1 Å². The van der Waals surface area contributed by atoms with Crippen molar-refractivity contribution >= 4 is 34.8 Å². The molecule has 0 atom stereocenters. The van der Waals surface area contributed by atoms with Crippen LogP contribution in [0.15, 0.2) is 42.5 Å². The minimum atomic E-state index is -0.243. The molecule has 1 aliphatic rings. The highest BCUT2D eigenvalue weighted by Crippen LogP contribution is 2.20. The van der Waals surface area contributed by atoms with Gasteiger partial charge in [0.1, 0.15) is 6.07 Å². The lowest BCUT2D eigenvalue weighted by molar-refractivity contribution is -0.114. The van der Waals surface area contributed by atoms with Gasteiger partial charge in [0.2, 0.25) is 5.91 Å². The SMILES string of the molecule is N#Cc1ccc(NC(=O)CNc2ccc(C(=O)N3CCCC3)cc2)cc1Cl. The van der Waals surface area contributed by atoms with E-state index in [0.29, 0.717) is 21.8 Å². The fourth-order valence-corrected chi connectivity index (χ4v) is 3.13. The molecule has 1 heterocycles. The molecule has 1 fully saturated rings. The van der Waals surface area contributed by atoms with Gasteiger partial charge < -0.3 is 15.5 Å². The first kappa shape index (κ1) is 18.7. The van der Waals surface area contributed by atoms with Gasteiger partial charge in [-0.1, -0.05) is 11.6 Å². The van der Waals surface area contributed by atoms with Crippen LogP contribution in [-0.4, -0.2) is 36.3 Å². The van der Waals surface area contributed by atoms with Crippen LogP contribution in [0.2, 0.25) is 5.02 Å². The Morgan fingerprint density at radius 2 is 1.74 bits per heavy atom. The number of hydrogen-bond acceptors (Lipinski definition) is 4. The van der Waals surface area contributed by atoms with Crippen LogP contribution in [0.4, 0.5) is 11.4 Å². The first-order valence-electron chi connectivity index (χ1n) is 8.69. The number of amides is 2. The summed E-state index contributed by atoms with van der Waals surface area (Å²) in [6.07, 6.45) is 2.12. The first-order chi connectivity index (χ1) is 13.1. The van der Waals surface area contributed by atoms with E-state index in [-0.39, 0.29) is 18.4 Å². The molecule has 0 unspecified atom stereocenters. The lowest BCUT2D eigenvalue weighted by Crippen LogP contribution is -2.27. The molecule has 0 aliphatic carbocycles. The van der Waals surface area contributed by atoms with Crippen LogP contribution in [0, 0.1) is 11.3 Å². The molecule has 0 bridgehead atoms. The minimum absolute atomic E-state index is 0.0505. The van der Waals surface area contributed by atoms with E-state index in [2.05, 4.69) is 10.6 Å². The highest BCUT2D eigenvalue weighted by atomic mass is 35.5. The molecule has 1 saturated heterocycles. The highest BCUT2D eigenvalue weighted by molar-refractivity contribution is 6.32. The van der Waals surface area contributed by atoms with Crippen molar-refractivity contribution < 1.29 is 9.59 Å². The van der Waals surface area contributed by atoms with Crippen molar-refractivity contribution in [3.8, 4) is 6.07 Å². The Labute approximate surface area is 162 Å². The number of nitrogens with zero attached hydrogens (tertiary/aromatic N) is 2. The van der Waals surface area contributed by atoms with Gasteiger partial charge in [-0.25, -0.2) is 0 Å². The van der Waals surface area contributed by atoms with E-state index >= 15 is 0 Å². The third-order valence-corrected chi connectivity index (χ3v) is 4.66. The number of nitrogens with one attached hydrogen (secondary N) is 2. The summed E-state index contributed by atoms with van der Waals surface area (Å²) < 4.78 is 0. The standard InChI is InChI=1S/C20H19ClN4O2/c21-18-11-17(8-5-15(18)12-22)24-19(26)13-23-16-6-3-14(4-7-16)20(27)25-9-1-2-10-25/h3-8,11,23H,1-2,9-10,13H2,(H,24,26). The molecule has 0 saturated carbocycles. The second-order valence-electron chi connectivity index (χ2n) is 6.28. The Kier molecular flexibility index (Phi) is 5.94. The highest BCUT2D eigenvalue weighted by Gasteiger charge is 2.19. The molecule has 2 aromatic carbocycles. The summed E-state index contributed by atoms with van der Waals surface area (Å²) in [7, 11) is 0. The predicted octanol–water partition coefficient (Wildman–Crippen LogP) is 3.50. The Hall–Kier alpha value is -3.04. The number of carbonyl (C=O) groups excluding carboxylic acids is 2. The fraction of sp³-hybridized carbons (Fsp3) is 0.250. The average molecular weight is 383 g/mol. The van der Waals surface area contributed by atoms with E-state index in [9.17, 15) is 9.59 Å². The average Bonchev–Trinajstić information content (AvgIpc) is 3.21. The van der Waals surface area contributed by atoms with Crippen LogP contribution in [-0.2, 0) is 4.79 Å². The molecule has 6 nitrogen and oxygen atoms in total. The van der Waals surface area contributed by atoms with E-state index < -0.39 is 0 Å². The van der Waals surface area contributed by atoms with Crippen molar-refractivity contribution in [1.82, 2.24) is 4.90 Å². The lowest BCUT2D eigenvalue weighted by Gasteiger charge is -2.15. The van der Waals surface area contributed by atoms with Crippen molar-refractivity contribution in [3.05, 3.63) is 58.6 Å². The van der Waals surface area contributed by atoms with Gasteiger partial charge in [0.25, 0.3) is 5.91 Å². The molecule has 27 heavy (non-hydrogen) atoms. The third-order valence-electron chi connectivity index (χ3n) is 4.35. The molecule has 1 aliphatic heterocycles. The number of nitriles is 1. The van der Waals surface area contributed by atoms with Gasteiger partial charge in [-0.05, 0) is 55.3 Å². The van der Waals surface area contributed by atoms with Crippen LogP contribution in [0.3, 0.4) is 0 Å². The van der Waals surface area contributed by atoms with Crippen LogP contribution >= 0.6 is 11.6 Å². The number of likely N-dealkylation sites (tertiary alicyclic amines) is 1. The molecule has 0 radical (unpaired) electrons. The topological polar surface area (TPSA) is 85.2 Å². The van der Waals surface area contributed by atoms with Crippen molar-refractivity contribution in [2.75, 3.05) is 30.3 Å². The van der Waals surface area contributed by atoms with Crippen LogP contribution in [0.1, 0.15) is 28.8 Å². The van der Waals surface area contributed by atoms with E-state index in [0.717, 1.165) is 31.6 Å². The van der Waals surface area contributed by atoms with Crippen molar-refractivity contribution in [3.63, 3.8) is 0 Å². The van der Waals surface area contributed by atoms with Gasteiger partial charge in [0, 0.05) is 30.0 Å². The zero-order valence-electron chi connectivity index (χ0n) is 14.7. The number of carbonyl (C=O) groups is 2. The molecular formula is C20H19ClN4O2. The molecule has 0 aromatic heterocycles. The molecule has 0 spiro atoms. The molecule has 138 valence electrons. The van der Waals surface area contributed by atoms with Gasteiger partial charge >= 0.3 is 0 Å². The van der Waals surface area contributed by atoms with E-state index in [1.807, 2.05) is 11.0 Å². The Balaban J connectivity index is 1.52. The number of benzene rings is 2. The summed E-state index contributed by atoms with van der Waals surface area (Å²) >= 11 is 5.95. The van der Waals surface area contributed by atoms with E-state index in [4.69, 9.17) is 16.9 Å². The second kappa shape index (κ2) is 8.56. The maximum absolute atomic E-state index is 12.3. The number of anilines is 2. The van der Waals surface area contributed by atoms with E-state index in [1.54, 1.807) is 36.4 Å².